The number of aryl methyl sites for hydroxylation is 1. The molecule has 1 amide bonds. The molecule has 0 bridgehead atoms. The van der Waals surface area contributed by atoms with Gasteiger partial charge in [-0.3, -0.25) is 4.79 Å². The second kappa shape index (κ2) is 7.84. The summed E-state index contributed by atoms with van der Waals surface area (Å²) < 4.78 is 5.10. The minimum atomic E-state index is -0.320. The van der Waals surface area contributed by atoms with Gasteiger partial charge in [-0.25, -0.2) is 9.97 Å². The first-order valence-electron chi connectivity index (χ1n) is 7.87. The molecule has 3 aromatic rings. The summed E-state index contributed by atoms with van der Waals surface area (Å²) >= 11 is 5.89. The maximum atomic E-state index is 12.5. The van der Waals surface area contributed by atoms with E-state index in [0.29, 0.717) is 22.4 Å². The average molecular weight is 369 g/mol. The minimum Gasteiger partial charge on any atom is -0.497 e. The van der Waals surface area contributed by atoms with Crippen LogP contribution in [0.1, 0.15) is 16.3 Å². The molecule has 0 spiro atoms. The fraction of sp³-hybridized carbons (Fsp3) is 0.105. The summed E-state index contributed by atoms with van der Waals surface area (Å²) in [6.45, 7) is 1.73. The highest BCUT2D eigenvalue weighted by Crippen LogP contribution is 2.19. The van der Waals surface area contributed by atoms with Gasteiger partial charge in [0.1, 0.15) is 23.1 Å². The van der Waals surface area contributed by atoms with Crippen LogP contribution in [0.25, 0.3) is 0 Å². The van der Waals surface area contributed by atoms with Crippen LogP contribution in [-0.4, -0.2) is 23.0 Å². The van der Waals surface area contributed by atoms with Gasteiger partial charge >= 0.3 is 0 Å². The van der Waals surface area contributed by atoms with Gasteiger partial charge in [0.15, 0.2) is 0 Å². The summed E-state index contributed by atoms with van der Waals surface area (Å²) in [6.07, 6.45) is 0. The predicted molar refractivity (Wildman–Crippen MR) is 102 cm³/mol. The van der Waals surface area contributed by atoms with Crippen LogP contribution in [0.5, 0.6) is 5.75 Å². The van der Waals surface area contributed by atoms with Crippen LogP contribution in [0.3, 0.4) is 0 Å². The molecule has 0 saturated carbocycles. The Kier molecular flexibility index (Phi) is 5.34. The molecular weight excluding hydrogens is 352 g/mol. The number of nitrogens with one attached hydrogen (secondary N) is 2. The number of rotatable bonds is 5. The first-order chi connectivity index (χ1) is 12.5. The summed E-state index contributed by atoms with van der Waals surface area (Å²) in [5, 5.41) is 6.59. The molecule has 0 atom stereocenters. The zero-order valence-electron chi connectivity index (χ0n) is 14.3. The molecule has 0 radical (unpaired) electrons. The number of aromatic nitrogens is 2. The number of benzene rings is 2. The molecule has 7 heteroatoms. The van der Waals surface area contributed by atoms with E-state index in [1.807, 2.05) is 12.1 Å². The molecule has 0 aliphatic heterocycles. The molecule has 0 unspecified atom stereocenters. The van der Waals surface area contributed by atoms with Crippen LogP contribution in [-0.2, 0) is 0 Å². The van der Waals surface area contributed by atoms with Gasteiger partial charge in [-0.15, -0.1) is 0 Å². The number of anilines is 3. The Bertz CT molecular complexity index is 912. The zero-order chi connectivity index (χ0) is 18.5. The lowest BCUT2D eigenvalue weighted by Crippen LogP contribution is -2.15. The van der Waals surface area contributed by atoms with E-state index in [2.05, 4.69) is 20.6 Å². The van der Waals surface area contributed by atoms with E-state index in [4.69, 9.17) is 16.3 Å². The highest BCUT2D eigenvalue weighted by molar-refractivity contribution is 6.30. The highest BCUT2D eigenvalue weighted by atomic mass is 35.5. The van der Waals surface area contributed by atoms with Crippen LogP contribution < -0.4 is 15.4 Å². The smallest absolute Gasteiger partial charge is 0.274 e. The quantitative estimate of drug-likeness (QED) is 0.696. The van der Waals surface area contributed by atoms with E-state index in [1.54, 1.807) is 56.5 Å². The number of carbonyl (C=O) groups excluding carboxylic acids is 1. The van der Waals surface area contributed by atoms with Crippen molar-refractivity contribution in [1.29, 1.82) is 0 Å². The first kappa shape index (κ1) is 17.7. The SMILES string of the molecule is COc1ccc(NC(=O)c2cc(Nc3ccc(Cl)cc3)nc(C)n2)cc1. The molecular formula is C19H17ClN4O2. The van der Waals surface area contributed by atoms with E-state index < -0.39 is 0 Å². The van der Waals surface area contributed by atoms with Crippen LogP contribution in [0.2, 0.25) is 5.02 Å². The lowest BCUT2D eigenvalue weighted by Gasteiger charge is -2.10. The third-order valence-corrected chi connectivity index (χ3v) is 3.79. The maximum Gasteiger partial charge on any atom is 0.274 e. The molecule has 0 aliphatic rings. The third kappa shape index (κ3) is 4.49. The number of halogens is 1. The lowest BCUT2D eigenvalue weighted by atomic mass is 10.2. The van der Waals surface area contributed by atoms with Crippen LogP contribution in [0.15, 0.2) is 54.6 Å². The van der Waals surface area contributed by atoms with Gasteiger partial charge in [0.2, 0.25) is 0 Å². The fourth-order valence-corrected chi connectivity index (χ4v) is 2.42. The summed E-state index contributed by atoms with van der Waals surface area (Å²) in [6, 6.07) is 15.9. The normalized spacial score (nSPS) is 10.3. The van der Waals surface area contributed by atoms with Gasteiger partial charge in [-0.2, -0.15) is 0 Å². The van der Waals surface area contributed by atoms with Crippen molar-refractivity contribution >= 4 is 34.7 Å². The summed E-state index contributed by atoms with van der Waals surface area (Å²) in [5.74, 6) is 1.42. The van der Waals surface area contributed by atoms with Gasteiger partial charge in [0.25, 0.3) is 5.91 Å². The number of nitrogens with zero attached hydrogens (tertiary/aromatic N) is 2. The molecule has 132 valence electrons. The Morgan fingerprint density at radius 3 is 2.31 bits per heavy atom. The zero-order valence-corrected chi connectivity index (χ0v) is 15.0. The van der Waals surface area contributed by atoms with E-state index in [0.717, 1.165) is 11.4 Å². The van der Waals surface area contributed by atoms with Gasteiger partial charge in [-0.05, 0) is 55.5 Å². The van der Waals surface area contributed by atoms with Crippen molar-refractivity contribution < 1.29 is 9.53 Å². The second-order valence-corrected chi connectivity index (χ2v) is 5.94. The van der Waals surface area contributed by atoms with E-state index in [-0.39, 0.29) is 11.6 Å². The molecule has 2 N–H and O–H groups in total. The molecule has 0 saturated heterocycles. The summed E-state index contributed by atoms with van der Waals surface area (Å²) in [5.41, 5.74) is 1.73. The van der Waals surface area contributed by atoms with Crippen molar-refractivity contribution in [2.45, 2.75) is 6.92 Å². The van der Waals surface area contributed by atoms with E-state index >= 15 is 0 Å². The monoisotopic (exact) mass is 368 g/mol. The van der Waals surface area contributed by atoms with Crippen LogP contribution in [0, 0.1) is 6.92 Å². The Morgan fingerprint density at radius 2 is 1.65 bits per heavy atom. The highest BCUT2D eigenvalue weighted by Gasteiger charge is 2.11. The summed E-state index contributed by atoms with van der Waals surface area (Å²) in [4.78, 5) is 21.0. The van der Waals surface area contributed by atoms with Crippen molar-refractivity contribution in [3.05, 3.63) is 71.1 Å². The number of hydrogen-bond donors (Lipinski definition) is 2. The van der Waals surface area contributed by atoms with E-state index in [9.17, 15) is 4.79 Å². The molecule has 3 rings (SSSR count). The molecule has 26 heavy (non-hydrogen) atoms. The number of hydrogen-bond acceptors (Lipinski definition) is 5. The third-order valence-electron chi connectivity index (χ3n) is 3.54. The largest absolute Gasteiger partial charge is 0.497 e. The van der Waals surface area contributed by atoms with Crippen molar-refractivity contribution in [2.24, 2.45) is 0 Å². The number of carbonyl (C=O) groups is 1. The molecule has 6 nitrogen and oxygen atoms in total. The Hall–Kier alpha value is -3.12. The maximum absolute atomic E-state index is 12.5. The molecule has 2 aromatic carbocycles. The fourth-order valence-electron chi connectivity index (χ4n) is 2.30. The minimum absolute atomic E-state index is 0.268. The number of methoxy groups -OCH3 is 1. The van der Waals surface area contributed by atoms with E-state index in [1.165, 1.54) is 0 Å². The molecule has 1 heterocycles. The molecule has 0 aliphatic carbocycles. The number of ether oxygens (including phenoxy) is 1. The Labute approximate surface area is 156 Å². The van der Waals surface area contributed by atoms with Crippen molar-refractivity contribution in [1.82, 2.24) is 9.97 Å². The Balaban J connectivity index is 1.77. The van der Waals surface area contributed by atoms with Crippen molar-refractivity contribution in [3.8, 4) is 5.75 Å². The van der Waals surface area contributed by atoms with Crippen molar-refractivity contribution in [3.63, 3.8) is 0 Å². The van der Waals surface area contributed by atoms with Crippen LogP contribution in [0.4, 0.5) is 17.2 Å². The molecule has 0 fully saturated rings. The van der Waals surface area contributed by atoms with Gasteiger partial charge in [-0.1, -0.05) is 11.6 Å². The average Bonchev–Trinajstić information content (AvgIpc) is 2.64. The second-order valence-electron chi connectivity index (χ2n) is 5.50. The molecule has 1 aromatic heterocycles. The topological polar surface area (TPSA) is 76.1 Å². The van der Waals surface area contributed by atoms with Gasteiger partial charge in [0.05, 0.1) is 7.11 Å². The van der Waals surface area contributed by atoms with Crippen molar-refractivity contribution in [2.75, 3.05) is 17.7 Å². The summed E-state index contributed by atoms with van der Waals surface area (Å²) in [7, 11) is 1.59. The van der Waals surface area contributed by atoms with Crippen LogP contribution >= 0.6 is 11.6 Å². The Morgan fingerprint density at radius 1 is 1.00 bits per heavy atom. The first-order valence-corrected chi connectivity index (χ1v) is 8.25. The van der Waals surface area contributed by atoms with Gasteiger partial charge < -0.3 is 15.4 Å². The lowest BCUT2D eigenvalue weighted by molar-refractivity contribution is 0.102. The number of amides is 1. The van der Waals surface area contributed by atoms with Gasteiger partial charge in [0, 0.05) is 22.5 Å². The standard InChI is InChI=1S/C19H17ClN4O2/c1-12-21-17(19(25)24-15-7-9-16(26-2)10-8-15)11-18(22-12)23-14-5-3-13(20)4-6-14/h3-11H,1-2H3,(H,24,25)(H,21,22,23). The predicted octanol–water partition coefficient (Wildman–Crippen LogP) is 4.44.